The summed E-state index contributed by atoms with van der Waals surface area (Å²) in [6.45, 7) is 7.63. The second kappa shape index (κ2) is 8.26. The van der Waals surface area contributed by atoms with Gasteiger partial charge in [0.1, 0.15) is 0 Å². The van der Waals surface area contributed by atoms with Crippen molar-refractivity contribution in [1.29, 1.82) is 0 Å². The third-order valence-electron chi connectivity index (χ3n) is 6.22. The molecule has 3 nitrogen and oxygen atoms in total. The molecule has 0 N–H and O–H groups in total. The van der Waals surface area contributed by atoms with Gasteiger partial charge in [-0.25, -0.2) is 0 Å². The molecule has 0 aliphatic carbocycles. The molecule has 148 valence electrons. The lowest BCUT2D eigenvalue weighted by molar-refractivity contribution is 0.308. The van der Waals surface area contributed by atoms with E-state index in [-0.39, 0.29) is 0 Å². The molecule has 1 atom stereocenters. The van der Waals surface area contributed by atoms with Crippen LogP contribution in [0.1, 0.15) is 54.5 Å². The Morgan fingerprint density at radius 2 is 2.11 bits per heavy atom. The first-order chi connectivity index (χ1) is 13.6. The number of pyridine rings is 1. The van der Waals surface area contributed by atoms with Gasteiger partial charge in [-0.05, 0) is 61.3 Å². The van der Waals surface area contributed by atoms with Crippen LogP contribution >= 0.6 is 11.6 Å². The van der Waals surface area contributed by atoms with Crippen molar-refractivity contribution in [3.63, 3.8) is 0 Å². The predicted molar refractivity (Wildman–Crippen MR) is 118 cm³/mol. The zero-order chi connectivity index (χ0) is 19.7. The molecule has 0 spiro atoms. The standard InChI is InChI=1S/C24H30ClN3/c1-4-5-6-18(20-9-11-26-14-17(20)2)15-28-23-8-7-19(25)13-21(23)22-16-27(3)12-10-24(22)28/h7-9,11,13-14,18H,4-6,10,12,15-16H2,1-3H3. The molecule has 0 fully saturated rings. The Hall–Kier alpha value is -1.84. The number of halogens is 1. The topological polar surface area (TPSA) is 21.1 Å². The van der Waals surface area contributed by atoms with E-state index in [0.29, 0.717) is 5.92 Å². The number of nitrogens with zero attached hydrogens (tertiary/aromatic N) is 3. The van der Waals surface area contributed by atoms with Gasteiger partial charge in [-0.2, -0.15) is 0 Å². The number of benzene rings is 1. The summed E-state index contributed by atoms with van der Waals surface area (Å²) in [5.41, 5.74) is 7.05. The molecule has 3 aromatic rings. The SMILES string of the molecule is CCCCC(Cn1c2c(c3cc(Cl)ccc31)CN(C)CC2)c1ccncc1C. The van der Waals surface area contributed by atoms with Crippen LogP contribution in [0.5, 0.6) is 0 Å². The highest BCUT2D eigenvalue weighted by atomic mass is 35.5. The van der Waals surface area contributed by atoms with E-state index in [0.717, 1.165) is 31.1 Å². The van der Waals surface area contributed by atoms with Gasteiger partial charge < -0.3 is 9.47 Å². The smallest absolute Gasteiger partial charge is 0.0487 e. The van der Waals surface area contributed by atoms with E-state index in [1.54, 1.807) is 0 Å². The highest BCUT2D eigenvalue weighted by Crippen LogP contribution is 2.35. The molecule has 2 aromatic heterocycles. The van der Waals surface area contributed by atoms with Crippen molar-refractivity contribution in [1.82, 2.24) is 14.5 Å². The normalized spacial score (nSPS) is 15.7. The van der Waals surface area contributed by atoms with Crippen molar-refractivity contribution >= 4 is 22.5 Å². The van der Waals surface area contributed by atoms with Crippen LogP contribution in [0.3, 0.4) is 0 Å². The van der Waals surface area contributed by atoms with Crippen LogP contribution in [-0.2, 0) is 19.5 Å². The molecule has 1 unspecified atom stereocenters. The van der Waals surface area contributed by atoms with Gasteiger partial charge in [0.2, 0.25) is 0 Å². The van der Waals surface area contributed by atoms with Crippen molar-refractivity contribution in [3.8, 4) is 0 Å². The quantitative estimate of drug-likeness (QED) is 0.513. The summed E-state index contributed by atoms with van der Waals surface area (Å²) in [4.78, 5) is 6.73. The molecule has 0 amide bonds. The third kappa shape index (κ3) is 3.70. The van der Waals surface area contributed by atoms with Crippen molar-refractivity contribution in [2.45, 2.75) is 58.5 Å². The van der Waals surface area contributed by atoms with Crippen molar-refractivity contribution < 1.29 is 0 Å². The van der Waals surface area contributed by atoms with Crippen molar-refractivity contribution in [2.24, 2.45) is 0 Å². The van der Waals surface area contributed by atoms with Gasteiger partial charge in [-0.1, -0.05) is 31.4 Å². The Kier molecular flexibility index (Phi) is 5.75. The van der Waals surface area contributed by atoms with Crippen molar-refractivity contribution in [3.05, 3.63) is 64.1 Å². The first kappa shape index (κ1) is 19.5. The summed E-state index contributed by atoms with van der Waals surface area (Å²) in [5, 5.41) is 2.16. The molecule has 3 heterocycles. The zero-order valence-electron chi connectivity index (χ0n) is 17.2. The van der Waals surface area contributed by atoms with Crippen LogP contribution in [0.25, 0.3) is 10.9 Å². The Morgan fingerprint density at radius 1 is 1.25 bits per heavy atom. The van der Waals surface area contributed by atoms with Gasteiger partial charge in [-0.3, -0.25) is 4.98 Å². The average Bonchev–Trinajstić information content (AvgIpc) is 2.98. The minimum absolute atomic E-state index is 0.512. The van der Waals surface area contributed by atoms with E-state index in [2.05, 4.69) is 53.5 Å². The van der Waals surface area contributed by atoms with E-state index in [9.17, 15) is 0 Å². The molecule has 1 aromatic carbocycles. The maximum atomic E-state index is 6.37. The summed E-state index contributed by atoms with van der Waals surface area (Å²) < 4.78 is 2.59. The van der Waals surface area contributed by atoms with E-state index in [1.807, 2.05) is 18.5 Å². The average molecular weight is 396 g/mol. The Balaban J connectivity index is 1.80. The number of likely N-dealkylation sites (N-methyl/N-ethyl adjacent to an activating group) is 1. The van der Waals surface area contributed by atoms with Crippen LogP contribution < -0.4 is 0 Å². The first-order valence-corrected chi connectivity index (χ1v) is 10.8. The molecule has 0 radical (unpaired) electrons. The lowest BCUT2D eigenvalue weighted by atomic mass is 9.91. The molecule has 4 rings (SSSR count). The van der Waals surface area contributed by atoms with Gasteiger partial charge in [0.25, 0.3) is 0 Å². The minimum atomic E-state index is 0.512. The summed E-state index contributed by atoms with van der Waals surface area (Å²) in [7, 11) is 2.21. The van der Waals surface area contributed by atoms with Gasteiger partial charge in [0.05, 0.1) is 0 Å². The molecular formula is C24H30ClN3. The van der Waals surface area contributed by atoms with Crippen LogP contribution in [0.15, 0.2) is 36.7 Å². The monoisotopic (exact) mass is 395 g/mol. The lowest BCUT2D eigenvalue weighted by Gasteiger charge is -2.26. The maximum Gasteiger partial charge on any atom is 0.0487 e. The number of hydrogen-bond donors (Lipinski definition) is 0. The Labute approximate surface area is 173 Å². The molecule has 0 bridgehead atoms. The van der Waals surface area contributed by atoms with E-state index >= 15 is 0 Å². The van der Waals surface area contributed by atoms with E-state index in [4.69, 9.17) is 11.6 Å². The van der Waals surface area contributed by atoms with Crippen LogP contribution in [0.2, 0.25) is 5.02 Å². The molecule has 0 saturated carbocycles. The van der Waals surface area contributed by atoms with Gasteiger partial charge in [0.15, 0.2) is 0 Å². The molecule has 1 aliphatic rings. The maximum absolute atomic E-state index is 6.37. The fourth-order valence-electron chi connectivity index (χ4n) is 4.72. The Bertz CT molecular complexity index is 975. The number of rotatable bonds is 6. The molecular weight excluding hydrogens is 366 g/mol. The second-order valence-electron chi connectivity index (χ2n) is 8.26. The molecule has 0 saturated heterocycles. The third-order valence-corrected chi connectivity index (χ3v) is 6.45. The number of hydrogen-bond acceptors (Lipinski definition) is 2. The molecule has 28 heavy (non-hydrogen) atoms. The van der Waals surface area contributed by atoms with E-state index in [1.165, 1.54) is 52.5 Å². The fourth-order valence-corrected chi connectivity index (χ4v) is 4.90. The number of fused-ring (bicyclic) bond motifs is 3. The van der Waals surface area contributed by atoms with Gasteiger partial charge in [-0.15, -0.1) is 0 Å². The predicted octanol–water partition coefficient (Wildman–Crippen LogP) is 5.96. The molecule has 4 heteroatoms. The van der Waals surface area contributed by atoms with Crippen molar-refractivity contribution in [2.75, 3.05) is 13.6 Å². The molecule has 1 aliphatic heterocycles. The minimum Gasteiger partial charge on any atom is -0.344 e. The lowest BCUT2D eigenvalue weighted by Crippen LogP contribution is -2.27. The highest BCUT2D eigenvalue weighted by Gasteiger charge is 2.25. The van der Waals surface area contributed by atoms with Crippen LogP contribution in [-0.4, -0.2) is 28.0 Å². The highest BCUT2D eigenvalue weighted by molar-refractivity contribution is 6.31. The zero-order valence-corrected chi connectivity index (χ0v) is 18.0. The van der Waals surface area contributed by atoms with Crippen LogP contribution in [0, 0.1) is 6.92 Å². The number of aromatic nitrogens is 2. The summed E-state index contributed by atoms with van der Waals surface area (Å²) in [6, 6.07) is 8.63. The second-order valence-corrected chi connectivity index (χ2v) is 8.69. The van der Waals surface area contributed by atoms with Crippen LogP contribution in [0.4, 0.5) is 0 Å². The van der Waals surface area contributed by atoms with Gasteiger partial charge >= 0.3 is 0 Å². The Morgan fingerprint density at radius 3 is 2.89 bits per heavy atom. The fraction of sp³-hybridized carbons (Fsp3) is 0.458. The van der Waals surface area contributed by atoms with Gasteiger partial charge in [0, 0.05) is 66.0 Å². The first-order valence-electron chi connectivity index (χ1n) is 10.5. The summed E-state index contributed by atoms with van der Waals surface area (Å²) >= 11 is 6.37. The number of aryl methyl sites for hydroxylation is 1. The number of unbranched alkanes of at least 4 members (excludes halogenated alkanes) is 1. The van der Waals surface area contributed by atoms with E-state index < -0.39 is 0 Å². The summed E-state index contributed by atoms with van der Waals surface area (Å²) in [5.74, 6) is 0.512. The largest absolute Gasteiger partial charge is 0.344 e. The summed E-state index contributed by atoms with van der Waals surface area (Å²) in [6.07, 6.45) is 8.75.